The number of piperazine rings is 1. The van der Waals surface area contributed by atoms with E-state index in [1.54, 1.807) is 0 Å². The number of amides is 1. The summed E-state index contributed by atoms with van der Waals surface area (Å²) >= 11 is 0. The molecule has 0 aliphatic carbocycles. The van der Waals surface area contributed by atoms with Crippen molar-refractivity contribution in [3.05, 3.63) is 64.6 Å². The van der Waals surface area contributed by atoms with Gasteiger partial charge in [-0.3, -0.25) is 9.69 Å². The first kappa shape index (κ1) is 22.7. The van der Waals surface area contributed by atoms with Gasteiger partial charge in [-0.05, 0) is 46.2 Å². The van der Waals surface area contributed by atoms with E-state index in [1.165, 1.54) is 11.0 Å². The standard InChI is InChI=1S/C25H27N7O4/c1-16-17(3-5-23(27-16)32-15-26-28-29-32)11-24(33)31-8-7-30-13-22(36-14-20(30)12-31)19-2-4-21-18(10-19)6-9-35-25(21)34/h2-5,10,15,20,22H,6-9,11-14H2,1H3/t20-,22-/m0/s1. The van der Waals surface area contributed by atoms with Crippen molar-refractivity contribution >= 4 is 11.9 Å². The number of aromatic nitrogens is 5. The lowest BCUT2D eigenvalue weighted by molar-refractivity contribution is -0.139. The number of rotatable bonds is 4. The third-order valence-corrected chi connectivity index (χ3v) is 7.28. The average Bonchev–Trinajstić information content (AvgIpc) is 3.44. The van der Waals surface area contributed by atoms with E-state index in [4.69, 9.17) is 9.47 Å². The second-order valence-electron chi connectivity index (χ2n) is 9.46. The normalized spacial score (nSPS) is 22.0. The molecule has 0 saturated carbocycles. The van der Waals surface area contributed by atoms with Gasteiger partial charge in [0.2, 0.25) is 5.91 Å². The van der Waals surface area contributed by atoms with E-state index in [2.05, 4.69) is 31.5 Å². The molecule has 0 radical (unpaired) electrons. The predicted molar refractivity (Wildman–Crippen MR) is 126 cm³/mol. The summed E-state index contributed by atoms with van der Waals surface area (Å²) in [5, 5.41) is 11.1. The number of fused-ring (bicyclic) bond motifs is 2. The highest BCUT2D eigenvalue weighted by Crippen LogP contribution is 2.29. The van der Waals surface area contributed by atoms with E-state index in [-0.39, 0.29) is 24.0 Å². The van der Waals surface area contributed by atoms with Crippen molar-refractivity contribution in [2.45, 2.75) is 31.9 Å². The van der Waals surface area contributed by atoms with Crippen LogP contribution in [0, 0.1) is 6.92 Å². The second kappa shape index (κ2) is 9.40. The summed E-state index contributed by atoms with van der Waals surface area (Å²) in [7, 11) is 0. The first-order chi connectivity index (χ1) is 17.5. The lowest BCUT2D eigenvalue weighted by Gasteiger charge is -2.46. The number of tetrazole rings is 1. The van der Waals surface area contributed by atoms with Crippen LogP contribution in [0.1, 0.15) is 38.8 Å². The highest BCUT2D eigenvalue weighted by atomic mass is 16.5. The molecule has 1 aromatic carbocycles. The molecule has 3 aliphatic rings. The summed E-state index contributed by atoms with van der Waals surface area (Å²) in [5.41, 5.74) is 4.46. The van der Waals surface area contributed by atoms with E-state index in [9.17, 15) is 9.59 Å². The summed E-state index contributed by atoms with van der Waals surface area (Å²) in [6, 6.07) is 9.82. The smallest absolute Gasteiger partial charge is 0.338 e. The molecular formula is C25H27N7O4. The molecule has 11 nitrogen and oxygen atoms in total. The van der Waals surface area contributed by atoms with Crippen molar-refractivity contribution in [2.75, 3.05) is 39.4 Å². The molecule has 2 saturated heterocycles. The number of carbonyl (C=O) groups excluding carboxylic acids is 2. The molecule has 2 fully saturated rings. The Morgan fingerprint density at radius 1 is 1.17 bits per heavy atom. The molecule has 3 aromatic rings. The van der Waals surface area contributed by atoms with Gasteiger partial charge in [-0.2, -0.15) is 4.68 Å². The number of benzene rings is 1. The van der Waals surface area contributed by atoms with Crippen molar-refractivity contribution < 1.29 is 19.1 Å². The van der Waals surface area contributed by atoms with Crippen LogP contribution in [-0.2, 0) is 27.1 Å². The number of aryl methyl sites for hydroxylation is 1. The number of cyclic esters (lactones) is 1. The Kier molecular flexibility index (Phi) is 5.94. The summed E-state index contributed by atoms with van der Waals surface area (Å²) in [4.78, 5) is 34.0. The molecule has 3 aliphatic heterocycles. The summed E-state index contributed by atoms with van der Waals surface area (Å²) in [5.74, 6) is 0.469. The molecule has 6 rings (SSSR count). The van der Waals surface area contributed by atoms with Gasteiger partial charge in [0, 0.05) is 38.3 Å². The van der Waals surface area contributed by atoms with Crippen LogP contribution in [0.15, 0.2) is 36.7 Å². The summed E-state index contributed by atoms with van der Waals surface area (Å²) < 4.78 is 12.9. The predicted octanol–water partition coefficient (Wildman–Crippen LogP) is 0.905. The monoisotopic (exact) mass is 489 g/mol. The molecular weight excluding hydrogens is 462 g/mol. The number of ether oxygens (including phenoxy) is 2. The number of hydrogen-bond donors (Lipinski definition) is 0. The maximum absolute atomic E-state index is 13.1. The Bertz CT molecular complexity index is 1300. The Morgan fingerprint density at radius 3 is 2.92 bits per heavy atom. The average molecular weight is 490 g/mol. The van der Waals surface area contributed by atoms with Crippen LogP contribution in [-0.4, -0.2) is 92.3 Å². The minimum Gasteiger partial charge on any atom is -0.462 e. The Balaban J connectivity index is 1.07. The van der Waals surface area contributed by atoms with Gasteiger partial charge in [-0.1, -0.05) is 18.2 Å². The maximum atomic E-state index is 13.1. The SMILES string of the molecule is Cc1nc(-n2cnnn2)ccc1CC(=O)N1CCN2C[C@@H](c3ccc4c(c3)CCOC4=O)OC[C@@H]2C1. The van der Waals surface area contributed by atoms with Gasteiger partial charge in [0.25, 0.3) is 0 Å². The van der Waals surface area contributed by atoms with Crippen LogP contribution in [0.5, 0.6) is 0 Å². The highest BCUT2D eigenvalue weighted by Gasteiger charge is 2.36. The lowest BCUT2D eigenvalue weighted by atomic mass is 9.96. The van der Waals surface area contributed by atoms with Gasteiger partial charge < -0.3 is 14.4 Å². The minimum absolute atomic E-state index is 0.0424. The Morgan fingerprint density at radius 2 is 2.08 bits per heavy atom. The van der Waals surface area contributed by atoms with Crippen molar-refractivity contribution in [1.82, 2.24) is 35.0 Å². The Labute approximate surface area is 208 Å². The number of morpholine rings is 1. The van der Waals surface area contributed by atoms with Gasteiger partial charge in [-0.25, -0.2) is 9.78 Å². The molecule has 11 heteroatoms. The molecule has 5 heterocycles. The van der Waals surface area contributed by atoms with Crippen LogP contribution in [0.4, 0.5) is 0 Å². The van der Waals surface area contributed by atoms with E-state index in [1.807, 2.05) is 36.1 Å². The van der Waals surface area contributed by atoms with Crippen LogP contribution in [0.3, 0.4) is 0 Å². The zero-order valence-electron chi connectivity index (χ0n) is 20.0. The van der Waals surface area contributed by atoms with E-state index in [0.717, 1.165) is 41.9 Å². The fourth-order valence-electron chi connectivity index (χ4n) is 5.20. The van der Waals surface area contributed by atoms with Gasteiger partial charge in [0.15, 0.2) is 5.82 Å². The highest BCUT2D eigenvalue weighted by molar-refractivity contribution is 5.92. The molecule has 2 atom stereocenters. The number of hydrogen-bond acceptors (Lipinski definition) is 9. The largest absolute Gasteiger partial charge is 0.462 e. The number of pyridine rings is 1. The van der Waals surface area contributed by atoms with Crippen molar-refractivity contribution in [2.24, 2.45) is 0 Å². The minimum atomic E-state index is -0.248. The van der Waals surface area contributed by atoms with E-state index < -0.39 is 0 Å². The fraction of sp³-hybridized carbons (Fsp3) is 0.440. The molecule has 0 unspecified atom stereocenters. The molecule has 186 valence electrons. The first-order valence-electron chi connectivity index (χ1n) is 12.2. The lowest BCUT2D eigenvalue weighted by Crippen LogP contribution is -2.59. The molecule has 36 heavy (non-hydrogen) atoms. The van der Waals surface area contributed by atoms with Gasteiger partial charge in [0.1, 0.15) is 6.33 Å². The van der Waals surface area contributed by atoms with E-state index in [0.29, 0.717) is 44.1 Å². The first-order valence-corrected chi connectivity index (χ1v) is 12.2. The molecule has 0 bridgehead atoms. The van der Waals surface area contributed by atoms with Crippen molar-refractivity contribution in [3.63, 3.8) is 0 Å². The summed E-state index contributed by atoms with van der Waals surface area (Å²) in [6.07, 6.45) is 2.49. The third kappa shape index (κ3) is 4.35. The van der Waals surface area contributed by atoms with Crippen molar-refractivity contribution in [3.8, 4) is 5.82 Å². The van der Waals surface area contributed by atoms with Gasteiger partial charge in [0.05, 0.1) is 37.3 Å². The van der Waals surface area contributed by atoms with Crippen LogP contribution >= 0.6 is 0 Å². The third-order valence-electron chi connectivity index (χ3n) is 7.28. The second-order valence-corrected chi connectivity index (χ2v) is 9.46. The summed E-state index contributed by atoms with van der Waals surface area (Å²) in [6.45, 7) is 5.81. The van der Waals surface area contributed by atoms with Gasteiger partial charge in [-0.15, -0.1) is 5.10 Å². The van der Waals surface area contributed by atoms with Gasteiger partial charge >= 0.3 is 5.97 Å². The Hall–Kier alpha value is -3.70. The van der Waals surface area contributed by atoms with E-state index >= 15 is 0 Å². The zero-order chi connectivity index (χ0) is 24.6. The number of carbonyl (C=O) groups is 2. The zero-order valence-corrected chi connectivity index (χ0v) is 20.0. The number of esters is 1. The molecule has 0 N–H and O–H groups in total. The maximum Gasteiger partial charge on any atom is 0.338 e. The fourth-order valence-corrected chi connectivity index (χ4v) is 5.20. The molecule has 1 amide bonds. The van der Waals surface area contributed by atoms with Crippen molar-refractivity contribution in [1.29, 1.82) is 0 Å². The van der Waals surface area contributed by atoms with Crippen LogP contribution in [0.25, 0.3) is 5.82 Å². The topological polar surface area (TPSA) is 116 Å². The molecule has 0 spiro atoms. The molecule has 2 aromatic heterocycles. The van der Waals surface area contributed by atoms with Crippen LogP contribution < -0.4 is 0 Å². The number of nitrogens with zero attached hydrogens (tertiary/aromatic N) is 7. The van der Waals surface area contributed by atoms with Crippen LogP contribution in [0.2, 0.25) is 0 Å². The quantitative estimate of drug-likeness (QED) is 0.493.